The number of carboxylic acid groups (broad SMARTS) is 1. The normalized spacial score (nSPS) is 9.67. The van der Waals surface area contributed by atoms with Crippen molar-refractivity contribution in [1.29, 1.82) is 0 Å². The van der Waals surface area contributed by atoms with Crippen LogP contribution >= 0.6 is 0 Å². The summed E-state index contributed by atoms with van der Waals surface area (Å²) in [6, 6.07) is 0. The van der Waals surface area contributed by atoms with E-state index >= 15 is 0 Å². The predicted molar refractivity (Wildman–Crippen MR) is 38.9 cm³/mol. The van der Waals surface area contributed by atoms with Gasteiger partial charge in [-0.05, 0) is 0 Å². The van der Waals surface area contributed by atoms with E-state index in [2.05, 4.69) is 15.2 Å². The molecule has 0 spiro atoms. The summed E-state index contributed by atoms with van der Waals surface area (Å²) in [6.45, 7) is 1.64. The first kappa shape index (κ1) is 12.5. The molecule has 72 valence electrons. The molecule has 0 saturated carbocycles. The summed E-state index contributed by atoms with van der Waals surface area (Å²) in [6.07, 6.45) is 1.29. The summed E-state index contributed by atoms with van der Waals surface area (Å²) in [4.78, 5) is 14.2. The second kappa shape index (κ2) is 4.99. The van der Waals surface area contributed by atoms with Gasteiger partial charge in [0.15, 0.2) is 11.6 Å². The fourth-order valence-corrected chi connectivity index (χ4v) is 0.871. The molecular weight excluding hydrogens is 229 g/mol. The predicted octanol–water partition coefficient (Wildman–Crippen LogP) is -3.60. The molecule has 0 saturated heterocycles. The Morgan fingerprint density at radius 1 is 1.47 bits per heavy atom. The van der Waals surface area contributed by atoms with Gasteiger partial charge >= 0.3 is 51.4 Å². The molecule has 2 aromatic heterocycles. The molecule has 7 nitrogen and oxygen atoms in total. The number of carbonyl (C=O) groups excluding carboxylic acids is 1. The molecule has 0 amide bonds. The van der Waals surface area contributed by atoms with Crippen molar-refractivity contribution in [3.63, 3.8) is 0 Å². The standard InChI is InChI=1S/C7H5N3O4.K/c1-3-8-4(2-13-3)5-9-10-6(14-5)7(11)12;/h2H,1H3,(H,11,12);/q;+1/p-1. The zero-order valence-electron chi connectivity index (χ0n) is 8.05. The number of aryl methyl sites for hydroxylation is 1. The summed E-state index contributed by atoms with van der Waals surface area (Å²) in [7, 11) is 0. The largest absolute Gasteiger partial charge is 1.00 e. The zero-order chi connectivity index (χ0) is 10.1. The van der Waals surface area contributed by atoms with E-state index in [9.17, 15) is 9.90 Å². The van der Waals surface area contributed by atoms with Gasteiger partial charge in [0.25, 0.3) is 11.8 Å². The maximum absolute atomic E-state index is 10.3. The van der Waals surface area contributed by atoms with Gasteiger partial charge in [-0.25, -0.2) is 4.98 Å². The molecule has 0 radical (unpaired) electrons. The minimum atomic E-state index is -1.52. The number of hydrogen-bond donors (Lipinski definition) is 0. The summed E-state index contributed by atoms with van der Waals surface area (Å²) < 4.78 is 9.62. The Morgan fingerprint density at radius 3 is 2.67 bits per heavy atom. The number of hydrogen-bond acceptors (Lipinski definition) is 7. The van der Waals surface area contributed by atoms with Crippen LogP contribution in [0.1, 0.15) is 16.6 Å². The Labute approximate surface area is 126 Å². The van der Waals surface area contributed by atoms with Crippen molar-refractivity contribution < 1.29 is 70.1 Å². The van der Waals surface area contributed by atoms with Crippen LogP contribution in [0.25, 0.3) is 11.6 Å². The second-order valence-corrected chi connectivity index (χ2v) is 2.45. The molecule has 2 heterocycles. The summed E-state index contributed by atoms with van der Waals surface area (Å²) in [5.41, 5.74) is 0.294. The Hall–Kier alpha value is -0.544. The molecule has 0 aliphatic rings. The topological polar surface area (TPSA) is 105 Å². The van der Waals surface area contributed by atoms with E-state index in [0.717, 1.165) is 0 Å². The van der Waals surface area contributed by atoms with Crippen LogP contribution in [0.15, 0.2) is 15.1 Å². The molecule has 8 heteroatoms. The first-order valence-corrected chi connectivity index (χ1v) is 3.64. The first-order valence-electron chi connectivity index (χ1n) is 3.64. The Kier molecular flexibility index (Phi) is 4.17. The smallest absolute Gasteiger partial charge is 0.540 e. The van der Waals surface area contributed by atoms with E-state index in [1.54, 1.807) is 6.92 Å². The molecule has 2 rings (SSSR count). The maximum Gasteiger partial charge on any atom is 1.00 e. The van der Waals surface area contributed by atoms with E-state index in [-0.39, 0.29) is 57.3 Å². The number of oxazole rings is 1. The Bertz CT molecular complexity index is 478. The van der Waals surface area contributed by atoms with Gasteiger partial charge < -0.3 is 18.7 Å². The van der Waals surface area contributed by atoms with Crippen molar-refractivity contribution in [2.24, 2.45) is 0 Å². The molecule has 0 aliphatic carbocycles. The van der Waals surface area contributed by atoms with Gasteiger partial charge in [0, 0.05) is 6.92 Å². The molecule has 15 heavy (non-hydrogen) atoms. The Morgan fingerprint density at radius 2 is 2.20 bits per heavy atom. The number of nitrogens with zero attached hydrogens (tertiary/aromatic N) is 3. The molecule has 0 N–H and O–H groups in total. The number of rotatable bonds is 2. The summed E-state index contributed by atoms with van der Waals surface area (Å²) in [5, 5.41) is 17.0. The SMILES string of the molecule is Cc1nc(-c2nnc(C(=O)[O-])o2)co1.[K+]. The first-order chi connectivity index (χ1) is 6.66. The van der Waals surface area contributed by atoms with Crippen LogP contribution in [0.5, 0.6) is 0 Å². The van der Waals surface area contributed by atoms with Gasteiger partial charge in [-0.15, -0.1) is 10.2 Å². The molecule has 0 bridgehead atoms. The van der Waals surface area contributed by atoms with Crippen LogP contribution in [0.4, 0.5) is 0 Å². The van der Waals surface area contributed by atoms with Crippen LogP contribution < -0.4 is 56.5 Å². The molecule has 0 unspecified atom stereocenters. The van der Waals surface area contributed by atoms with Gasteiger partial charge in [-0.3, -0.25) is 0 Å². The van der Waals surface area contributed by atoms with Crippen LogP contribution in [-0.4, -0.2) is 21.2 Å². The van der Waals surface area contributed by atoms with Crippen molar-refractivity contribution in [2.45, 2.75) is 6.92 Å². The minimum Gasteiger partial charge on any atom is -0.540 e. The number of carboxylic acids is 1. The van der Waals surface area contributed by atoms with Gasteiger partial charge in [-0.2, -0.15) is 0 Å². The van der Waals surface area contributed by atoms with Gasteiger partial charge in [0.1, 0.15) is 12.2 Å². The molecule has 0 aliphatic heterocycles. The van der Waals surface area contributed by atoms with Gasteiger partial charge in [0.2, 0.25) is 0 Å². The molecule has 0 aromatic carbocycles. The second-order valence-electron chi connectivity index (χ2n) is 2.45. The van der Waals surface area contributed by atoms with Crippen molar-refractivity contribution in [3.8, 4) is 11.6 Å². The fourth-order valence-electron chi connectivity index (χ4n) is 0.871. The molecule has 0 atom stereocenters. The summed E-state index contributed by atoms with van der Waals surface area (Å²) in [5.74, 6) is -1.70. The van der Waals surface area contributed by atoms with Crippen LogP contribution in [0, 0.1) is 6.92 Å². The van der Waals surface area contributed by atoms with Crippen molar-refractivity contribution in [1.82, 2.24) is 15.2 Å². The minimum absolute atomic E-state index is 0. The number of aromatic nitrogens is 3. The summed E-state index contributed by atoms with van der Waals surface area (Å²) >= 11 is 0. The quantitative estimate of drug-likeness (QED) is 0.493. The third-order valence-corrected chi connectivity index (χ3v) is 1.44. The van der Waals surface area contributed by atoms with Crippen molar-refractivity contribution >= 4 is 5.97 Å². The maximum atomic E-state index is 10.3. The monoisotopic (exact) mass is 233 g/mol. The number of carbonyl (C=O) groups is 1. The number of aromatic carboxylic acids is 1. The van der Waals surface area contributed by atoms with Gasteiger partial charge in [0.05, 0.1) is 0 Å². The van der Waals surface area contributed by atoms with Crippen LogP contribution in [-0.2, 0) is 0 Å². The van der Waals surface area contributed by atoms with Crippen molar-refractivity contribution in [3.05, 3.63) is 18.0 Å². The molecular formula is C7H4KN3O4. The third-order valence-electron chi connectivity index (χ3n) is 1.44. The average Bonchev–Trinajstić information content (AvgIpc) is 2.70. The van der Waals surface area contributed by atoms with Crippen LogP contribution in [0.3, 0.4) is 0 Å². The third kappa shape index (κ3) is 2.73. The van der Waals surface area contributed by atoms with Crippen molar-refractivity contribution in [2.75, 3.05) is 0 Å². The van der Waals surface area contributed by atoms with E-state index in [4.69, 9.17) is 8.83 Å². The average molecular weight is 233 g/mol. The van der Waals surface area contributed by atoms with E-state index < -0.39 is 11.9 Å². The van der Waals surface area contributed by atoms with E-state index in [0.29, 0.717) is 11.6 Å². The zero-order valence-corrected chi connectivity index (χ0v) is 11.2. The molecule has 0 fully saturated rings. The molecule has 2 aromatic rings. The van der Waals surface area contributed by atoms with Gasteiger partial charge in [-0.1, -0.05) is 0 Å². The van der Waals surface area contributed by atoms with E-state index in [1.807, 2.05) is 0 Å². The Balaban J connectivity index is 0.00000112. The fraction of sp³-hybridized carbons (Fsp3) is 0.143. The van der Waals surface area contributed by atoms with E-state index in [1.165, 1.54) is 6.26 Å². The van der Waals surface area contributed by atoms with Crippen LogP contribution in [0.2, 0.25) is 0 Å².